The van der Waals surface area contributed by atoms with Crippen LogP contribution >= 0.6 is 11.8 Å². The minimum absolute atomic E-state index is 0.101. The summed E-state index contributed by atoms with van der Waals surface area (Å²) in [7, 11) is 0. The van der Waals surface area contributed by atoms with Crippen molar-refractivity contribution in [2.75, 3.05) is 5.32 Å². The maximum absolute atomic E-state index is 13.1. The van der Waals surface area contributed by atoms with Crippen molar-refractivity contribution in [1.29, 1.82) is 0 Å². The average Bonchev–Trinajstić information content (AvgIpc) is 3.30. The highest BCUT2D eigenvalue weighted by Gasteiger charge is 2.15. The van der Waals surface area contributed by atoms with Gasteiger partial charge in [0.2, 0.25) is 0 Å². The van der Waals surface area contributed by atoms with Crippen LogP contribution in [0.15, 0.2) is 101 Å². The summed E-state index contributed by atoms with van der Waals surface area (Å²) in [4.78, 5) is 31.2. The lowest BCUT2D eigenvalue weighted by atomic mass is 10.1. The number of H-pyrrole nitrogens is 1. The van der Waals surface area contributed by atoms with E-state index in [9.17, 15) is 9.59 Å². The van der Waals surface area contributed by atoms with Gasteiger partial charge in [-0.05, 0) is 73.7 Å². The number of carbonyl (C=O) groups excluding carboxylic acids is 2. The summed E-state index contributed by atoms with van der Waals surface area (Å²) in [6.45, 7) is 1.49. The number of para-hydroxylation sites is 1. The molecule has 0 aliphatic rings. The Bertz CT molecular complexity index is 1590. The molecule has 5 aromatic rings. The first-order valence-corrected chi connectivity index (χ1v) is 12.2. The second-order valence-corrected chi connectivity index (χ2v) is 9.17. The first-order valence-electron chi connectivity index (χ1n) is 11.3. The average molecular weight is 491 g/mol. The number of aromatic amines is 1. The largest absolute Gasteiger partial charge is 0.321 e. The van der Waals surface area contributed by atoms with Crippen LogP contribution in [-0.4, -0.2) is 26.9 Å². The van der Waals surface area contributed by atoms with E-state index in [1.54, 1.807) is 36.5 Å². The molecular formula is C29H22N4O2S. The van der Waals surface area contributed by atoms with Gasteiger partial charge in [0.1, 0.15) is 0 Å². The molecule has 1 amide bonds. The second kappa shape index (κ2) is 10.4. The number of nitrogens with zero attached hydrogens (tertiary/aromatic N) is 2. The molecule has 0 aliphatic heterocycles. The van der Waals surface area contributed by atoms with Crippen molar-refractivity contribution in [3.8, 4) is 0 Å². The zero-order valence-corrected chi connectivity index (χ0v) is 20.3. The Morgan fingerprint density at radius 3 is 2.47 bits per heavy atom. The third-order valence-electron chi connectivity index (χ3n) is 5.58. The van der Waals surface area contributed by atoms with E-state index in [-0.39, 0.29) is 11.7 Å². The number of Topliss-reactive ketones (excluding diaryl/α,β-unsaturated/α-hetero) is 1. The van der Waals surface area contributed by atoms with Gasteiger partial charge in [-0.2, -0.15) is 5.10 Å². The van der Waals surface area contributed by atoms with Crippen LogP contribution in [0.25, 0.3) is 23.1 Å². The Kier molecular flexibility index (Phi) is 6.73. The third kappa shape index (κ3) is 5.11. The molecule has 3 aromatic carbocycles. The van der Waals surface area contributed by atoms with Crippen LogP contribution < -0.4 is 5.32 Å². The van der Waals surface area contributed by atoms with E-state index in [1.807, 2.05) is 66.7 Å². The molecule has 176 valence electrons. The lowest BCUT2D eigenvalue weighted by molar-refractivity contribution is 0.101. The fourth-order valence-electron chi connectivity index (χ4n) is 3.81. The molecule has 0 saturated heterocycles. The van der Waals surface area contributed by atoms with Gasteiger partial charge in [0, 0.05) is 26.9 Å². The summed E-state index contributed by atoms with van der Waals surface area (Å²) in [6, 6.07) is 26.2. The molecule has 0 atom stereocenters. The number of pyridine rings is 1. The molecule has 7 heteroatoms. The van der Waals surface area contributed by atoms with Crippen molar-refractivity contribution >= 4 is 52.2 Å². The molecule has 2 N–H and O–H groups in total. The molecule has 0 unspecified atom stereocenters. The number of carbonyl (C=O) groups is 2. The number of hydrogen-bond donors (Lipinski definition) is 2. The van der Waals surface area contributed by atoms with Gasteiger partial charge >= 0.3 is 0 Å². The van der Waals surface area contributed by atoms with Crippen molar-refractivity contribution in [2.24, 2.45) is 0 Å². The molecule has 2 aromatic heterocycles. The zero-order chi connectivity index (χ0) is 24.9. The molecule has 0 radical (unpaired) electrons. The Morgan fingerprint density at radius 2 is 1.67 bits per heavy atom. The van der Waals surface area contributed by atoms with Crippen molar-refractivity contribution in [1.82, 2.24) is 15.2 Å². The molecular weight excluding hydrogens is 468 g/mol. The monoisotopic (exact) mass is 490 g/mol. The second-order valence-electron chi connectivity index (χ2n) is 8.06. The van der Waals surface area contributed by atoms with E-state index in [4.69, 9.17) is 0 Å². The molecule has 0 aliphatic carbocycles. The lowest BCUT2D eigenvalue weighted by Gasteiger charge is -2.12. The SMILES string of the molecule is CC(=O)c1ccccc1NC(=O)c1ccccc1Sc1ccc2c(/C=C/c3ccccn3)n[nH]c2c1. The maximum Gasteiger partial charge on any atom is 0.256 e. The minimum Gasteiger partial charge on any atom is -0.321 e. The standard InChI is InChI=1S/C29H22N4O2S/c1-19(34)22-9-2-4-11-25(22)31-29(35)24-10-3-5-12-28(24)36-21-14-15-23-26(32-33-27(23)18-21)16-13-20-8-6-7-17-30-20/h2-18H,1H3,(H,31,35)(H,32,33)/b16-13+. The van der Waals surface area contributed by atoms with Crippen LogP contribution in [0.4, 0.5) is 5.69 Å². The normalized spacial score (nSPS) is 11.1. The Balaban J connectivity index is 1.37. The number of ketones is 1. The first kappa shape index (κ1) is 23.3. The van der Waals surface area contributed by atoms with Crippen LogP contribution in [0.2, 0.25) is 0 Å². The van der Waals surface area contributed by atoms with E-state index in [1.165, 1.54) is 18.7 Å². The number of hydrogen-bond acceptors (Lipinski definition) is 5. The number of rotatable bonds is 7. The minimum atomic E-state index is -0.267. The Labute approximate surface area is 212 Å². The van der Waals surface area contributed by atoms with Gasteiger partial charge < -0.3 is 5.32 Å². The predicted molar refractivity (Wildman–Crippen MR) is 144 cm³/mol. The molecule has 0 bridgehead atoms. The highest BCUT2D eigenvalue weighted by Crippen LogP contribution is 2.33. The smallest absolute Gasteiger partial charge is 0.256 e. The van der Waals surface area contributed by atoms with E-state index in [2.05, 4.69) is 20.5 Å². The number of anilines is 1. The van der Waals surface area contributed by atoms with Gasteiger partial charge in [0.05, 0.1) is 28.2 Å². The topological polar surface area (TPSA) is 87.7 Å². The summed E-state index contributed by atoms with van der Waals surface area (Å²) >= 11 is 1.49. The molecule has 6 nitrogen and oxygen atoms in total. The summed E-state index contributed by atoms with van der Waals surface area (Å²) < 4.78 is 0. The van der Waals surface area contributed by atoms with E-state index < -0.39 is 0 Å². The Morgan fingerprint density at radius 1 is 0.889 bits per heavy atom. The predicted octanol–water partition coefficient (Wildman–Crippen LogP) is 6.73. The highest BCUT2D eigenvalue weighted by atomic mass is 32.2. The molecule has 0 spiro atoms. The number of fused-ring (bicyclic) bond motifs is 1. The molecule has 0 fully saturated rings. The highest BCUT2D eigenvalue weighted by molar-refractivity contribution is 7.99. The molecule has 2 heterocycles. The number of benzene rings is 3. The van der Waals surface area contributed by atoms with Crippen molar-refractivity contribution < 1.29 is 9.59 Å². The Hall–Kier alpha value is -4.49. The van der Waals surface area contributed by atoms with Gasteiger partial charge in [-0.3, -0.25) is 19.7 Å². The summed E-state index contributed by atoms with van der Waals surface area (Å²) in [5.41, 5.74) is 4.11. The molecule has 5 rings (SSSR count). The van der Waals surface area contributed by atoms with Gasteiger partial charge in [-0.1, -0.05) is 42.1 Å². The first-order chi connectivity index (χ1) is 17.6. The van der Waals surface area contributed by atoms with Crippen molar-refractivity contribution in [3.63, 3.8) is 0 Å². The summed E-state index contributed by atoms with van der Waals surface area (Å²) in [5, 5.41) is 11.4. The van der Waals surface area contributed by atoms with Crippen LogP contribution in [-0.2, 0) is 0 Å². The molecule has 0 saturated carbocycles. The summed E-state index contributed by atoms with van der Waals surface area (Å²) in [5.74, 6) is -0.368. The van der Waals surface area contributed by atoms with E-state index in [0.717, 1.165) is 32.1 Å². The van der Waals surface area contributed by atoms with Crippen molar-refractivity contribution in [2.45, 2.75) is 16.7 Å². The number of nitrogens with one attached hydrogen (secondary N) is 2. The van der Waals surface area contributed by atoms with E-state index in [0.29, 0.717) is 16.8 Å². The summed E-state index contributed by atoms with van der Waals surface area (Å²) in [6.07, 6.45) is 5.62. The van der Waals surface area contributed by atoms with Crippen LogP contribution in [0.1, 0.15) is 39.0 Å². The quantitative estimate of drug-likeness (QED) is 0.247. The zero-order valence-electron chi connectivity index (χ0n) is 19.4. The number of amides is 1. The van der Waals surface area contributed by atoms with Crippen LogP contribution in [0.3, 0.4) is 0 Å². The van der Waals surface area contributed by atoms with Crippen LogP contribution in [0, 0.1) is 0 Å². The fourth-order valence-corrected chi connectivity index (χ4v) is 4.79. The fraction of sp³-hybridized carbons (Fsp3) is 0.0345. The van der Waals surface area contributed by atoms with Gasteiger partial charge in [-0.15, -0.1) is 0 Å². The third-order valence-corrected chi connectivity index (χ3v) is 6.64. The molecule has 36 heavy (non-hydrogen) atoms. The van der Waals surface area contributed by atoms with Gasteiger partial charge in [0.25, 0.3) is 5.91 Å². The van der Waals surface area contributed by atoms with Gasteiger partial charge in [0.15, 0.2) is 5.78 Å². The van der Waals surface area contributed by atoms with E-state index >= 15 is 0 Å². The maximum atomic E-state index is 13.1. The van der Waals surface area contributed by atoms with Gasteiger partial charge in [-0.25, -0.2) is 0 Å². The van der Waals surface area contributed by atoms with Crippen LogP contribution in [0.5, 0.6) is 0 Å². The van der Waals surface area contributed by atoms with Crippen molar-refractivity contribution in [3.05, 3.63) is 114 Å². The lowest BCUT2D eigenvalue weighted by Crippen LogP contribution is -2.15. The number of aromatic nitrogens is 3.